The highest BCUT2D eigenvalue weighted by atomic mass is 15.1. The Morgan fingerprint density at radius 1 is 1.38 bits per heavy atom. The highest BCUT2D eigenvalue weighted by molar-refractivity contribution is 4.91. The van der Waals surface area contributed by atoms with Gasteiger partial charge < -0.3 is 10.2 Å². The van der Waals surface area contributed by atoms with Crippen LogP contribution >= 0.6 is 0 Å². The van der Waals surface area contributed by atoms with E-state index in [-0.39, 0.29) is 6.04 Å². The average molecular weight is 223 g/mol. The van der Waals surface area contributed by atoms with Crippen molar-refractivity contribution in [2.45, 2.75) is 39.2 Å². The van der Waals surface area contributed by atoms with Gasteiger partial charge in [0, 0.05) is 6.54 Å². The minimum Gasteiger partial charge on any atom is -0.304 e. The van der Waals surface area contributed by atoms with Gasteiger partial charge in [-0.3, -0.25) is 0 Å². The highest BCUT2D eigenvalue weighted by Gasteiger charge is 2.20. The molecule has 0 radical (unpaired) electrons. The number of nitriles is 1. The molecule has 92 valence electrons. The monoisotopic (exact) mass is 223 g/mol. The normalized spacial score (nSPS) is 25.1. The Bertz CT molecular complexity index is 232. The molecule has 0 aromatic carbocycles. The van der Waals surface area contributed by atoms with Crippen molar-refractivity contribution in [3.8, 4) is 6.07 Å². The summed E-state index contributed by atoms with van der Waals surface area (Å²) >= 11 is 0. The molecule has 1 aliphatic rings. The van der Waals surface area contributed by atoms with Crippen LogP contribution in [0.4, 0.5) is 0 Å². The summed E-state index contributed by atoms with van der Waals surface area (Å²) in [5.41, 5.74) is 0. The van der Waals surface area contributed by atoms with Crippen LogP contribution in [0.1, 0.15) is 33.1 Å². The van der Waals surface area contributed by atoms with E-state index >= 15 is 0 Å². The van der Waals surface area contributed by atoms with E-state index in [4.69, 9.17) is 5.26 Å². The molecular weight excluding hydrogens is 198 g/mol. The van der Waals surface area contributed by atoms with E-state index in [1.54, 1.807) is 0 Å². The van der Waals surface area contributed by atoms with Gasteiger partial charge in [-0.05, 0) is 51.2 Å². The molecule has 3 nitrogen and oxygen atoms in total. The summed E-state index contributed by atoms with van der Waals surface area (Å²) in [5, 5.41) is 12.0. The summed E-state index contributed by atoms with van der Waals surface area (Å²) in [6.07, 6.45) is 3.93. The van der Waals surface area contributed by atoms with Crippen molar-refractivity contribution in [3.63, 3.8) is 0 Å². The van der Waals surface area contributed by atoms with Gasteiger partial charge in [0.1, 0.15) is 6.04 Å². The number of likely N-dealkylation sites (N-methyl/N-ethyl adjacent to an activating group) is 1. The fourth-order valence-corrected chi connectivity index (χ4v) is 2.49. The van der Waals surface area contributed by atoms with Crippen molar-refractivity contribution < 1.29 is 0 Å². The van der Waals surface area contributed by atoms with E-state index in [9.17, 15) is 0 Å². The van der Waals surface area contributed by atoms with Gasteiger partial charge in [-0.2, -0.15) is 5.26 Å². The summed E-state index contributed by atoms with van der Waals surface area (Å²) in [6, 6.07) is 2.28. The zero-order valence-electron chi connectivity index (χ0n) is 10.9. The molecule has 1 aliphatic heterocycles. The van der Waals surface area contributed by atoms with Gasteiger partial charge in [0.05, 0.1) is 6.07 Å². The first kappa shape index (κ1) is 13.5. The third-order valence-electron chi connectivity index (χ3n) is 3.75. The van der Waals surface area contributed by atoms with E-state index < -0.39 is 0 Å². The van der Waals surface area contributed by atoms with Gasteiger partial charge in [0.25, 0.3) is 0 Å². The van der Waals surface area contributed by atoms with Gasteiger partial charge in [0.15, 0.2) is 0 Å². The number of hydrogen-bond acceptors (Lipinski definition) is 3. The number of hydrogen-bond donors (Lipinski definition) is 1. The van der Waals surface area contributed by atoms with Crippen LogP contribution in [0.2, 0.25) is 0 Å². The maximum atomic E-state index is 8.93. The first-order valence-corrected chi connectivity index (χ1v) is 6.46. The second kappa shape index (κ2) is 6.88. The molecule has 0 aromatic heterocycles. The van der Waals surface area contributed by atoms with Gasteiger partial charge >= 0.3 is 0 Å². The van der Waals surface area contributed by atoms with Crippen LogP contribution in [0.5, 0.6) is 0 Å². The standard InChI is InChI=1S/C13H25N3/c1-11(2)12-5-4-7-16(8-6-12)10-13(9-14)15-3/h11-13,15H,4-8,10H2,1-3H3. The lowest BCUT2D eigenvalue weighted by molar-refractivity contribution is 0.260. The van der Waals surface area contributed by atoms with Crippen LogP contribution in [0.3, 0.4) is 0 Å². The van der Waals surface area contributed by atoms with E-state index in [1.807, 2.05) is 7.05 Å². The largest absolute Gasteiger partial charge is 0.304 e. The van der Waals surface area contributed by atoms with Crippen molar-refractivity contribution in [1.29, 1.82) is 5.26 Å². The van der Waals surface area contributed by atoms with Crippen LogP contribution in [0.25, 0.3) is 0 Å². The minimum atomic E-state index is -0.0180. The van der Waals surface area contributed by atoms with Gasteiger partial charge in [0.2, 0.25) is 0 Å². The molecule has 0 spiro atoms. The van der Waals surface area contributed by atoms with Crippen LogP contribution in [0, 0.1) is 23.2 Å². The lowest BCUT2D eigenvalue weighted by Crippen LogP contribution is -2.39. The molecule has 0 aliphatic carbocycles. The SMILES string of the molecule is CNC(C#N)CN1CCCC(C(C)C)CC1. The van der Waals surface area contributed by atoms with Crippen molar-refractivity contribution in [2.24, 2.45) is 11.8 Å². The average Bonchev–Trinajstić information content (AvgIpc) is 2.51. The molecule has 1 N–H and O–H groups in total. The van der Waals surface area contributed by atoms with Gasteiger partial charge in [-0.15, -0.1) is 0 Å². The van der Waals surface area contributed by atoms with Crippen LogP contribution in [0.15, 0.2) is 0 Å². The minimum absolute atomic E-state index is 0.0180. The molecule has 1 fully saturated rings. The lowest BCUT2D eigenvalue weighted by Gasteiger charge is -2.23. The van der Waals surface area contributed by atoms with Crippen molar-refractivity contribution in [1.82, 2.24) is 10.2 Å². The summed E-state index contributed by atoms with van der Waals surface area (Å²) in [5.74, 6) is 1.68. The molecule has 0 aromatic rings. The Morgan fingerprint density at radius 2 is 2.12 bits per heavy atom. The second-order valence-electron chi connectivity index (χ2n) is 5.21. The van der Waals surface area contributed by atoms with Gasteiger partial charge in [-0.25, -0.2) is 0 Å². The van der Waals surface area contributed by atoms with Crippen molar-refractivity contribution >= 4 is 0 Å². The fraction of sp³-hybridized carbons (Fsp3) is 0.923. The van der Waals surface area contributed by atoms with E-state index in [0.29, 0.717) is 0 Å². The predicted molar refractivity (Wildman–Crippen MR) is 67.1 cm³/mol. The van der Waals surface area contributed by atoms with Crippen LogP contribution in [-0.4, -0.2) is 37.6 Å². The molecule has 16 heavy (non-hydrogen) atoms. The van der Waals surface area contributed by atoms with E-state index in [2.05, 4.69) is 30.1 Å². The molecule has 1 rings (SSSR count). The quantitative estimate of drug-likeness (QED) is 0.790. The van der Waals surface area contributed by atoms with Gasteiger partial charge in [-0.1, -0.05) is 13.8 Å². The number of rotatable bonds is 4. The Hall–Kier alpha value is -0.590. The highest BCUT2D eigenvalue weighted by Crippen LogP contribution is 2.24. The Morgan fingerprint density at radius 3 is 2.69 bits per heavy atom. The van der Waals surface area contributed by atoms with Crippen LogP contribution < -0.4 is 5.32 Å². The lowest BCUT2D eigenvalue weighted by atomic mass is 9.89. The predicted octanol–water partition coefficient (Wildman–Crippen LogP) is 1.86. The summed E-state index contributed by atoms with van der Waals surface area (Å²) in [7, 11) is 1.86. The van der Waals surface area contributed by atoms with E-state index in [0.717, 1.165) is 31.5 Å². The summed E-state index contributed by atoms with van der Waals surface area (Å²) in [4.78, 5) is 2.44. The molecule has 2 unspecified atom stereocenters. The molecule has 0 bridgehead atoms. The first-order chi connectivity index (χ1) is 7.67. The Labute approximate surface area is 99.8 Å². The number of nitrogens with one attached hydrogen (secondary N) is 1. The maximum absolute atomic E-state index is 8.93. The molecule has 1 saturated heterocycles. The molecule has 2 atom stereocenters. The number of likely N-dealkylation sites (tertiary alicyclic amines) is 1. The zero-order chi connectivity index (χ0) is 12.0. The van der Waals surface area contributed by atoms with Crippen LogP contribution in [-0.2, 0) is 0 Å². The number of nitrogens with zero attached hydrogens (tertiary/aromatic N) is 2. The maximum Gasteiger partial charge on any atom is 0.108 e. The molecular formula is C13H25N3. The molecule has 3 heteroatoms. The van der Waals surface area contributed by atoms with Crippen molar-refractivity contribution in [3.05, 3.63) is 0 Å². The molecule has 1 heterocycles. The topological polar surface area (TPSA) is 39.1 Å². The summed E-state index contributed by atoms with van der Waals surface area (Å²) < 4.78 is 0. The molecule has 0 amide bonds. The Balaban J connectivity index is 2.38. The smallest absolute Gasteiger partial charge is 0.108 e. The molecule has 0 saturated carbocycles. The third kappa shape index (κ3) is 4.11. The first-order valence-electron chi connectivity index (χ1n) is 6.46. The fourth-order valence-electron chi connectivity index (χ4n) is 2.49. The summed E-state index contributed by atoms with van der Waals surface area (Å²) in [6.45, 7) is 7.83. The zero-order valence-corrected chi connectivity index (χ0v) is 10.9. The van der Waals surface area contributed by atoms with E-state index in [1.165, 1.54) is 19.3 Å². The third-order valence-corrected chi connectivity index (χ3v) is 3.75. The second-order valence-corrected chi connectivity index (χ2v) is 5.21. The van der Waals surface area contributed by atoms with Crippen molar-refractivity contribution in [2.75, 3.05) is 26.7 Å². The Kier molecular flexibility index (Phi) is 5.79.